The summed E-state index contributed by atoms with van der Waals surface area (Å²) in [4.78, 5) is 11.2. The molecule has 0 aromatic carbocycles. The molecule has 0 aromatic rings. The van der Waals surface area contributed by atoms with Crippen LogP contribution in [0.2, 0.25) is 0 Å². The predicted octanol–water partition coefficient (Wildman–Crippen LogP) is 3.42. The van der Waals surface area contributed by atoms with E-state index < -0.39 is 0 Å². The van der Waals surface area contributed by atoms with Gasteiger partial charge in [0.1, 0.15) is 5.76 Å². The van der Waals surface area contributed by atoms with Gasteiger partial charge in [0, 0.05) is 12.8 Å². The molecule has 0 spiro atoms. The molecule has 0 N–H and O–H groups in total. The Morgan fingerprint density at radius 1 is 1.25 bits per heavy atom. The van der Waals surface area contributed by atoms with Gasteiger partial charge in [-0.25, -0.2) is 0 Å². The zero-order chi connectivity index (χ0) is 11.1. The summed E-state index contributed by atoms with van der Waals surface area (Å²) >= 11 is 0. The van der Waals surface area contributed by atoms with Crippen molar-refractivity contribution in [1.29, 1.82) is 0 Å². The van der Waals surface area contributed by atoms with Crippen molar-refractivity contribution in [3.05, 3.63) is 11.3 Å². The van der Waals surface area contributed by atoms with Crippen LogP contribution < -0.4 is 0 Å². The summed E-state index contributed by atoms with van der Waals surface area (Å²) in [5.74, 6) is 3.13. The molecule has 3 atom stereocenters. The Hall–Kier alpha value is -0.790. The molecule has 2 nitrogen and oxygen atoms in total. The minimum absolute atomic E-state index is 0.126. The molecule has 0 radical (unpaired) electrons. The van der Waals surface area contributed by atoms with Gasteiger partial charge in [0.2, 0.25) is 0 Å². The second-order valence-electron chi connectivity index (χ2n) is 5.61. The Bertz CT molecular complexity index is 343. The molecule has 2 fully saturated rings. The number of allylic oxidation sites excluding steroid dienone is 2. The standard InChI is InChI=1S/C14H20O2/c1-9(15)16-14-12-5-3-2-4-10(12)6-7-11-8-13(11)14/h10-11,13H,2-8H2,1H3/t10-,11-,13+/m1/s1. The maximum atomic E-state index is 11.2. The van der Waals surface area contributed by atoms with Crippen molar-refractivity contribution in [3.8, 4) is 0 Å². The van der Waals surface area contributed by atoms with E-state index in [4.69, 9.17) is 4.74 Å². The number of rotatable bonds is 1. The summed E-state index contributed by atoms with van der Waals surface area (Å²) < 4.78 is 5.54. The molecule has 2 heteroatoms. The molecular formula is C14H20O2. The van der Waals surface area contributed by atoms with Gasteiger partial charge in [-0.2, -0.15) is 0 Å². The van der Waals surface area contributed by atoms with Crippen LogP contribution in [0.5, 0.6) is 0 Å². The Balaban J connectivity index is 1.91. The molecule has 0 amide bonds. The summed E-state index contributed by atoms with van der Waals surface area (Å²) in [5.41, 5.74) is 1.51. The number of hydrogen-bond acceptors (Lipinski definition) is 2. The minimum atomic E-state index is -0.126. The van der Waals surface area contributed by atoms with Crippen molar-refractivity contribution in [2.24, 2.45) is 17.8 Å². The summed E-state index contributed by atoms with van der Waals surface area (Å²) in [5, 5.41) is 0. The van der Waals surface area contributed by atoms with Crippen molar-refractivity contribution >= 4 is 5.97 Å². The van der Waals surface area contributed by atoms with Crippen LogP contribution in [0.4, 0.5) is 0 Å². The minimum Gasteiger partial charge on any atom is -0.431 e. The predicted molar refractivity (Wildman–Crippen MR) is 61.6 cm³/mol. The van der Waals surface area contributed by atoms with E-state index >= 15 is 0 Å². The third-order valence-corrected chi connectivity index (χ3v) is 4.46. The highest BCUT2D eigenvalue weighted by Gasteiger charge is 2.46. The largest absolute Gasteiger partial charge is 0.431 e. The van der Waals surface area contributed by atoms with E-state index in [0.717, 1.165) is 17.6 Å². The topological polar surface area (TPSA) is 26.3 Å². The van der Waals surface area contributed by atoms with E-state index in [1.54, 1.807) is 0 Å². The fourth-order valence-corrected chi connectivity index (χ4v) is 3.56. The van der Waals surface area contributed by atoms with Crippen LogP contribution in [-0.2, 0) is 9.53 Å². The molecule has 0 aromatic heterocycles. The lowest BCUT2D eigenvalue weighted by Crippen LogP contribution is -2.14. The lowest BCUT2D eigenvalue weighted by Gasteiger charge is -2.26. The van der Waals surface area contributed by atoms with E-state index in [1.807, 2.05) is 0 Å². The third-order valence-electron chi connectivity index (χ3n) is 4.46. The monoisotopic (exact) mass is 220 g/mol. The van der Waals surface area contributed by atoms with Crippen LogP contribution in [-0.4, -0.2) is 5.97 Å². The Labute approximate surface area is 97.1 Å². The van der Waals surface area contributed by atoms with Gasteiger partial charge in [-0.05, 0) is 55.9 Å². The SMILES string of the molecule is CC(=O)OC1=C2CCCC[C@@H]2CC[C@@H]2C[C@H]12. The maximum absolute atomic E-state index is 11.2. The van der Waals surface area contributed by atoms with Crippen LogP contribution in [0.3, 0.4) is 0 Å². The van der Waals surface area contributed by atoms with E-state index in [-0.39, 0.29) is 5.97 Å². The number of fused-ring (bicyclic) bond motifs is 2. The quantitative estimate of drug-likeness (QED) is 0.633. The number of esters is 1. The van der Waals surface area contributed by atoms with Crippen LogP contribution in [0.25, 0.3) is 0 Å². The molecule has 3 rings (SSSR count). The summed E-state index contributed by atoms with van der Waals surface area (Å²) in [6.45, 7) is 1.54. The smallest absolute Gasteiger partial charge is 0.307 e. The van der Waals surface area contributed by atoms with Crippen molar-refractivity contribution in [3.63, 3.8) is 0 Å². The molecule has 3 aliphatic rings. The van der Waals surface area contributed by atoms with Gasteiger partial charge in [-0.3, -0.25) is 4.79 Å². The van der Waals surface area contributed by atoms with Gasteiger partial charge in [-0.15, -0.1) is 0 Å². The van der Waals surface area contributed by atoms with Crippen LogP contribution >= 0.6 is 0 Å². The van der Waals surface area contributed by atoms with Gasteiger partial charge in [0.15, 0.2) is 0 Å². The van der Waals surface area contributed by atoms with Gasteiger partial charge in [0.05, 0.1) is 0 Å². The molecule has 0 unspecified atom stereocenters. The first kappa shape index (κ1) is 10.4. The first-order chi connectivity index (χ1) is 7.75. The lowest BCUT2D eigenvalue weighted by atomic mass is 9.81. The average molecular weight is 220 g/mol. The molecule has 2 saturated carbocycles. The van der Waals surface area contributed by atoms with Crippen molar-refractivity contribution in [1.82, 2.24) is 0 Å². The highest BCUT2D eigenvalue weighted by molar-refractivity contribution is 5.67. The van der Waals surface area contributed by atoms with Gasteiger partial charge in [-0.1, -0.05) is 6.42 Å². The van der Waals surface area contributed by atoms with E-state index in [0.29, 0.717) is 5.92 Å². The third kappa shape index (κ3) is 1.79. The number of carbonyl (C=O) groups excluding carboxylic acids is 1. The van der Waals surface area contributed by atoms with Gasteiger partial charge >= 0.3 is 5.97 Å². The average Bonchev–Trinajstić information content (AvgIpc) is 3.02. The fourth-order valence-electron chi connectivity index (χ4n) is 3.56. The van der Waals surface area contributed by atoms with Crippen LogP contribution in [0.15, 0.2) is 11.3 Å². The van der Waals surface area contributed by atoms with E-state index in [1.165, 1.54) is 57.4 Å². The van der Waals surface area contributed by atoms with Gasteiger partial charge in [0.25, 0.3) is 0 Å². The molecule has 16 heavy (non-hydrogen) atoms. The molecule has 0 bridgehead atoms. The second kappa shape index (κ2) is 3.90. The van der Waals surface area contributed by atoms with Crippen LogP contribution in [0, 0.1) is 17.8 Å². The Morgan fingerprint density at radius 3 is 2.94 bits per heavy atom. The molecule has 88 valence electrons. The van der Waals surface area contributed by atoms with Crippen molar-refractivity contribution in [2.75, 3.05) is 0 Å². The van der Waals surface area contributed by atoms with Crippen LogP contribution in [0.1, 0.15) is 51.9 Å². The van der Waals surface area contributed by atoms with E-state index in [2.05, 4.69) is 0 Å². The molecule has 3 aliphatic carbocycles. The summed E-state index contributed by atoms with van der Waals surface area (Å²) in [7, 11) is 0. The highest BCUT2D eigenvalue weighted by Crippen LogP contribution is 2.54. The van der Waals surface area contributed by atoms with E-state index in [9.17, 15) is 4.79 Å². The number of ether oxygens (including phenoxy) is 1. The molecule has 0 aliphatic heterocycles. The Kier molecular flexibility index (Phi) is 2.53. The fraction of sp³-hybridized carbons (Fsp3) is 0.786. The van der Waals surface area contributed by atoms with Crippen molar-refractivity contribution < 1.29 is 9.53 Å². The van der Waals surface area contributed by atoms with Crippen molar-refractivity contribution in [2.45, 2.75) is 51.9 Å². The molecule has 0 heterocycles. The zero-order valence-corrected chi connectivity index (χ0v) is 10.00. The summed E-state index contributed by atoms with van der Waals surface area (Å²) in [6.07, 6.45) is 9.09. The molecular weight excluding hydrogens is 200 g/mol. The summed E-state index contributed by atoms with van der Waals surface area (Å²) in [6, 6.07) is 0. The number of carbonyl (C=O) groups is 1. The van der Waals surface area contributed by atoms with Gasteiger partial charge < -0.3 is 4.74 Å². The molecule has 0 saturated heterocycles. The lowest BCUT2D eigenvalue weighted by molar-refractivity contribution is -0.137. The first-order valence-corrected chi connectivity index (χ1v) is 6.67. The Morgan fingerprint density at radius 2 is 2.12 bits per heavy atom. The first-order valence-electron chi connectivity index (χ1n) is 6.67. The number of hydrogen-bond donors (Lipinski definition) is 0. The maximum Gasteiger partial charge on any atom is 0.307 e. The second-order valence-corrected chi connectivity index (χ2v) is 5.61. The normalized spacial score (nSPS) is 37.2. The highest BCUT2D eigenvalue weighted by atomic mass is 16.5. The zero-order valence-electron chi connectivity index (χ0n) is 10.00.